The van der Waals surface area contributed by atoms with Crippen LogP contribution in [0.5, 0.6) is 17.2 Å². The summed E-state index contributed by atoms with van der Waals surface area (Å²) in [5.74, 6) is 4.19. The Morgan fingerprint density at radius 2 is 1.49 bits per heavy atom. The van der Waals surface area contributed by atoms with Gasteiger partial charge in [0.15, 0.2) is 12.1 Å². The summed E-state index contributed by atoms with van der Waals surface area (Å²) in [5.41, 5.74) is 3.42. The van der Waals surface area contributed by atoms with E-state index in [0.717, 1.165) is 22.4 Å². The molecule has 0 aliphatic carbocycles. The lowest BCUT2D eigenvalue weighted by Crippen LogP contribution is -2.50. The minimum atomic E-state index is -0.459. The van der Waals surface area contributed by atoms with Crippen molar-refractivity contribution in [3.05, 3.63) is 52.6 Å². The van der Waals surface area contributed by atoms with Crippen molar-refractivity contribution >= 4 is 5.78 Å². The Kier molecular flexibility index (Phi) is 9.45. The second-order valence-corrected chi connectivity index (χ2v) is 13.4. The number of ether oxygens (including phenoxy) is 6. The van der Waals surface area contributed by atoms with Gasteiger partial charge in [0.1, 0.15) is 23.4 Å². The number of Topliss-reactive ketones (excluding diaryl/α,β-unsaturated/α-hetero) is 1. The van der Waals surface area contributed by atoms with E-state index in [4.69, 9.17) is 28.4 Å². The van der Waals surface area contributed by atoms with Crippen molar-refractivity contribution in [2.24, 2.45) is 35.5 Å². The van der Waals surface area contributed by atoms with Crippen molar-refractivity contribution in [2.45, 2.75) is 99.6 Å². The topological polar surface area (TPSA) is 72.5 Å². The fraction of sp³-hybridized carbons (Fsp3) is 0.639. The molecule has 0 saturated carbocycles. The quantitative estimate of drug-likeness (QED) is 0.325. The Hall–Kier alpha value is -2.61. The van der Waals surface area contributed by atoms with Crippen LogP contribution in [0.2, 0.25) is 0 Å². The van der Waals surface area contributed by atoms with E-state index in [0.29, 0.717) is 59.7 Å². The first-order chi connectivity index (χ1) is 20.4. The molecule has 3 aliphatic heterocycles. The van der Waals surface area contributed by atoms with E-state index in [2.05, 4.69) is 48.5 Å². The third kappa shape index (κ3) is 6.31. The first-order valence-electron chi connectivity index (χ1n) is 16.0. The van der Waals surface area contributed by atoms with Crippen molar-refractivity contribution in [2.75, 3.05) is 13.7 Å². The minimum Gasteiger partial charge on any atom is -0.496 e. The van der Waals surface area contributed by atoms with Crippen molar-refractivity contribution in [3.8, 4) is 17.2 Å². The molecule has 236 valence electrons. The normalized spacial score (nSPS) is 36.0. The number of aryl methyl sites for hydroxylation is 2. The van der Waals surface area contributed by atoms with Crippen molar-refractivity contribution in [1.82, 2.24) is 0 Å². The van der Waals surface area contributed by atoms with E-state index in [1.54, 1.807) is 7.11 Å². The van der Waals surface area contributed by atoms with Gasteiger partial charge < -0.3 is 28.4 Å². The molecule has 43 heavy (non-hydrogen) atoms. The predicted molar refractivity (Wildman–Crippen MR) is 166 cm³/mol. The van der Waals surface area contributed by atoms with E-state index >= 15 is 0 Å². The third-order valence-corrected chi connectivity index (χ3v) is 10.8. The zero-order valence-corrected chi connectivity index (χ0v) is 27.5. The highest BCUT2D eigenvalue weighted by Gasteiger charge is 2.43. The van der Waals surface area contributed by atoms with Gasteiger partial charge in [-0.2, -0.15) is 0 Å². The number of benzene rings is 2. The van der Waals surface area contributed by atoms with Crippen LogP contribution in [0.4, 0.5) is 0 Å². The second kappa shape index (κ2) is 12.8. The number of carbonyl (C=O) groups is 1. The Labute approximate surface area is 257 Å². The number of methoxy groups -OCH3 is 1. The van der Waals surface area contributed by atoms with Crippen LogP contribution in [0.25, 0.3) is 0 Å². The Morgan fingerprint density at radius 3 is 2.19 bits per heavy atom. The van der Waals surface area contributed by atoms with E-state index in [9.17, 15) is 4.79 Å². The molecule has 0 aromatic heterocycles. The zero-order valence-electron chi connectivity index (χ0n) is 27.5. The lowest BCUT2D eigenvalue weighted by molar-refractivity contribution is -0.275. The highest BCUT2D eigenvalue weighted by Crippen LogP contribution is 2.42. The Balaban J connectivity index is 1.30. The van der Waals surface area contributed by atoms with Crippen LogP contribution in [0.3, 0.4) is 0 Å². The van der Waals surface area contributed by atoms with Crippen LogP contribution in [-0.4, -0.2) is 44.3 Å². The number of ketones is 1. The Bertz CT molecular complexity index is 1310. The molecule has 0 bridgehead atoms. The molecule has 0 N–H and O–H groups in total. The average molecular weight is 595 g/mol. The predicted octanol–water partition coefficient (Wildman–Crippen LogP) is 7.70. The van der Waals surface area contributed by atoms with Gasteiger partial charge in [0, 0.05) is 17.9 Å². The largest absolute Gasteiger partial charge is 0.496 e. The highest BCUT2D eigenvalue weighted by molar-refractivity contribution is 6.01. The molecule has 3 aliphatic rings. The van der Waals surface area contributed by atoms with Crippen LogP contribution >= 0.6 is 0 Å². The standard InChI is InChI=1S/C36H50O7/c1-18-13-27(11-12-30(18)38-10)31-16-29(37)34-19(2)14-28(15-32(34)42-31)41-36-25(8)21(4)23(6)33(43-36)17-39-35-24(7)20(3)22(5)26(9)40-35/h11-15,20-26,31,33,35-36H,16-17H2,1-10H3/t20-,21-,22+,23+,24?,25?,26?,31?,33?,35+,36+/m0/s1. The van der Waals surface area contributed by atoms with Crippen LogP contribution in [-0.2, 0) is 14.2 Å². The zero-order chi connectivity index (χ0) is 31.2. The van der Waals surface area contributed by atoms with E-state index in [1.807, 2.05) is 44.2 Å². The van der Waals surface area contributed by atoms with Crippen LogP contribution in [0, 0.1) is 49.4 Å². The number of hydrogen-bond acceptors (Lipinski definition) is 7. The molecule has 5 unspecified atom stereocenters. The monoisotopic (exact) mass is 594 g/mol. The number of rotatable bonds is 7. The molecule has 2 aromatic carbocycles. The molecule has 0 radical (unpaired) electrons. The van der Waals surface area contributed by atoms with Gasteiger partial charge in [-0.1, -0.05) is 47.6 Å². The SMILES string of the molecule is COc1ccc(C2CC(=O)c3c(C)cc(O[C@@H]4OC(CO[C@@H]5OC(C)[C@H](C)[C@H](C)C5C)[C@H](C)[C@H](C)C4C)cc3O2)cc1C. The number of hydrogen-bond donors (Lipinski definition) is 0. The molecule has 2 aromatic rings. The van der Waals surface area contributed by atoms with Gasteiger partial charge in [0.2, 0.25) is 6.29 Å². The molecule has 7 heteroatoms. The fourth-order valence-corrected chi connectivity index (χ4v) is 6.93. The maximum atomic E-state index is 13.3. The summed E-state index contributed by atoms with van der Waals surface area (Å²) >= 11 is 0. The highest BCUT2D eigenvalue weighted by atomic mass is 16.7. The molecule has 2 saturated heterocycles. The molecular weight excluding hydrogens is 544 g/mol. The summed E-state index contributed by atoms with van der Waals surface area (Å²) in [5, 5.41) is 0. The molecule has 7 nitrogen and oxygen atoms in total. The average Bonchev–Trinajstić information content (AvgIpc) is 2.97. The maximum absolute atomic E-state index is 13.3. The van der Waals surface area contributed by atoms with Gasteiger partial charge in [0.05, 0.1) is 37.9 Å². The first-order valence-corrected chi connectivity index (χ1v) is 16.0. The summed E-state index contributed by atoms with van der Waals surface area (Å²) in [7, 11) is 1.66. The van der Waals surface area contributed by atoms with Crippen molar-refractivity contribution in [3.63, 3.8) is 0 Å². The van der Waals surface area contributed by atoms with Gasteiger partial charge in [0.25, 0.3) is 0 Å². The van der Waals surface area contributed by atoms with Gasteiger partial charge in [-0.25, -0.2) is 0 Å². The second-order valence-electron chi connectivity index (χ2n) is 13.4. The molecule has 2 fully saturated rings. The van der Waals surface area contributed by atoms with Crippen LogP contribution in [0.1, 0.15) is 88.0 Å². The van der Waals surface area contributed by atoms with Crippen molar-refractivity contribution < 1.29 is 33.2 Å². The molecule has 0 amide bonds. The Morgan fingerprint density at radius 1 is 0.791 bits per heavy atom. The van der Waals surface area contributed by atoms with Gasteiger partial charge in [-0.05, 0) is 79.3 Å². The van der Waals surface area contributed by atoms with E-state index < -0.39 is 6.29 Å². The summed E-state index contributed by atoms with van der Waals surface area (Å²) < 4.78 is 37.6. The molecule has 5 rings (SSSR count). The summed E-state index contributed by atoms with van der Waals surface area (Å²) in [4.78, 5) is 13.3. The van der Waals surface area contributed by atoms with E-state index in [1.165, 1.54) is 0 Å². The van der Waals surface area contributed by atoms with E-state index in [-0.39, 0.29) is 36.3 Å². The van der Waals surface area contributed by atoms with Gasteiger partial charge >= 0.3 is 0 Å². The summed E-state index contributed by atoms with van der Waals surface area (Å²) in [6.45, 7) is 19.9. The lowest BCUT2D eigenvalue weighted by atomic mass is 9.78. The fourth-order valence-electron chi connectivity index (χ4n) is 6.93. The number of carbonyl (C=O) groups excluding carboxylic acids is 1. The van der Waals surface area contributed by atoms with Crippen molar-refractivity contribution in [1.29, 1.82) is 0 Å². The third-order valence-electron chi connectivity index (χ3n) is 10.8. The van der Waals surface area contributed by atoms with Gasteiger partial charge in [-0.15, -0.1) is 0 Å². The van der Waals surface area contributed by atoms with Gasteiger partial charge in [-0.3, -0.25) is 4.79 Å². The summed E-state index contributed by atoms with van der Waals surface area (Å²) in [6.07, 6.45) is -0.754. The minimum absolute atomic E-state index is 0.0721. The maximum Gasteiger partial charge on any atom is 0.203 e. The molecular formula is C36H50O7. The molecule has 0 spiro atoms. The van der Waals surface area contributed by atoms with Crippen LogP contribution < -0.4 is 14.2 Å². The molecule has 3 heterocycles. The van der Waals surface area contributed by atoms with Crippen LogP contribution in [0.15, 0.2) is 30.3 Å². The smallest absolute Gasteiger partial charge is 0.203 e. The lowest BCUT2D eigenvalue weighted by Gasteiger charge is -2.45. The molecule has 11 atom stereocenters. The first kappa shape index (κ1) is 31.8. The summed E-state index contributed by atoms with van der Waals surface area (Å²) in [6, 6.07) is 9.67. The number of fused-ring (bicyclic) bond motifs is 1.